The van der Waals surface area contributed by atoms with Crippen LogP contribution in [-0.2, 0) is 0 Å². The van der Waals surface area contributed by atoms with E-state index in [0.29, 0.717) is 5.56 Å². The van der Waals surface area contributed by atoms with Crippen LogP contribution in [0.1, 0.15) is 15.9 Å². The van der Waals surface area contributed by atoms with Crippen molar-refractivity contribution in [3.8, 4) is 6.07 Å². The van der Waals surface area contributed by atoms with E-state index in [4.69, 9.17) is 16.9 Å². The second-order valence-electron chi connectivity index (χ2n) is 4.03. The first-order valence-electron chi connectivity index (χ1n) is 5.77. The minimum Gasteiger partial charge on any atom is -0.320 e. The molecule has 0 spiro atoms. The van der Waals surface area contributed by atoms with E-state index in [-0.39, 0.29) is 22.0 Å². The molecule has 104 valence electrons. The molecule has 2 rings (SSSR count). The highest BCUT2D eigenvalue weighted by Gasteiger charge is 2.19. The van der Waals surface area contributed by atoms with Crippen LogP contribution in [-0.4, -0.2) is 10.8 Å². The summed E-state index contributed by atoms with van der Waals surface area (Å²) in [5, 5.41) is 22.3. The Morgan fingerprint density at radius 2 is 2.00 bits per heavy atom. The zero-order valence-electron chi connectivity index (χ0n) is 10.5. The van der Waals surface area contributed by atoms with Gasteiger partial charge in [0.2, 0.25) is 0 Å². The summed E-state index contributed by atoms with van der Waals surface area (Å²) in [6, 6.07) is 11.9. The van der Waals surface area contributed by atoms with E-state index >= 15 is 0 Å². The lowest BCUT2D eigenvalue weighted by atomic mass is 10.1. The molecular formula is C14H8ClN3O3. The standard InChI is InChI=1S/C14H8ClN3O3/c15-11-7-9(8-16)5-6-12(11)17-14(19)10-3-1-2-4-13(10)18(20)21/h1-7H,(H,17,19). The number of nitro benzene ring substituents is 1. The molecule has 1 N–H and O–H groups in total. The molecule has 21 heavy (non-hydrogen) atoms. The summed E-state index contributed by atoms with van der Waals surface area (Å²) in [7, 11) is 0. The van der Waals surface area contributed by atoms with Gasteiger partial charge in [-0.2, -0.15) is 5.26 Å². The predicted molar refractivity (Wildman–Crippen MR) is 77.2 cm³/mol. The van der Waals surface area contributed by atoms with E-state index in [2.05, 4.69) is 5.32 Å². The van der Waals surface area contributed by atoms with Gasteiger partial charge in [0.25, 0.3) is 11.6 Å². The van der Waals surface area contributed by atoms with Crippen molar-refractivity contribution in [1.29, 1.82) is 5.26 Å². The number of hydrogen-bond donors (Lipinski definition) is 1. The minimum atomic E-state index is -0.645. The predicted octanol–water partition coefficient (Wildman–Crippen LogP) is 3.37. The van der Waals surface area contributed by atoms with Gasteiger partial charge in [-0.05, 0) is 24.3 Å². The van der Waals surface area contributed by atoms with Crippen LogP contribution in [0, 0.1) is 21.4 Å². The Balaban J connectivity index is 2.31. The van der Waals surface area contributed by atoms with Crippen molar-refractivity contribution in [3.05, 3.63) is 68.7 Å². The third kappa shape index (κ3) is 3.16. The molecule has 0 aliphatic heterocycles. The number of halogens is 1. The van der Waals surface area contributed by atoms with Gasteiger partial charge in [0.15, 0.2) is 0 Å². The molecule has 2 aromatic carbocycles. The van der Waals surface area contributed by atoms with Gasteiger partial charge in [0.05, 0.1) is 27.3 Å². The van der Waals surface area contributed by atoms with Crippen LogP contribution in [0.5, 0.6) is 0 Å². The normalized spacial score (nSPS) is 9.71. The molecule has 2 aromatic rings. The molecule has 0 fully saturated rings. The summed E-state index contributed by atoms with van der Waals surface area (Å²) in [5.41, 5.74) is 0.269. The largest absolute Gasteiger partial charge is 0.320 e. The topological polar surface area (TPSA) is 96.0 Å². The van der Waals surface area contributed by atoms with Gasteiger partial charge in [-0.25, -0.2) is 0 Å². The molecule has 0 atom stereocenters. The van der Waals surface area contributed by atoms with Gasteiger partial charge in [-0.1, -0.05) is 23.7 Å². The summed E-state index contributed by atoms with van der Waals surface area (Å²) >= 11 is 5.94. The summed E-state index contributed by atoms with van der Waals surface area (Å²) in [5.74, 6) is -0.645. The number of nitrogens with one attached hydrogen (secondary N) is 1. The maximum absolute atomic E-state index is 12.1. The van der Waals surface area contributed by atoms with Gasteiger partial charge in [0, 0.05) is 6.07 Å². The van der Waals surface area contributed by atoms with Crippen molar-refractivity contribution in [2.45, 2.75) is 0 Å². The lowest BCUT2D eigenvalue weighted by molar-refractivity contribution is -0.385. The zero-order chi connectivity index (χ0) is 15.4. The van der Waals surface area contributed by atoms with E-state index < -0.39 is 10.8 Å². The maximum Gasteiger partial charge on any atom is 0.282 e. The molecule has 0 heterocycles. The van der Waals surface area contributed by atoms with Crippen LogP contribution in [0.25, 0.3) is 0 Å². The van der Waals surface area contributed by atoms with E-state index in [1.807, 2.05) is 6.07 Å². The molecule has 0 aliphatic rings. The molecule has 0 radical (unpaired) electrons. The van der Waals surface area contributed by atoms with Crippen molar-refractivity contribution in [3.63, 3.8) is 0 Å². The van der Waals surface area contributed by atoms with Gasteiger partial charge < -0.3 is 5.32 Å². The highest BCUT2D eigenvalue weighted by Crippen LogP contribution is 2.25. The van der Waals surface area contributed by atoms with Crippen LogP contribution < -0.4 is 5.32 Å². The van der Waals surface area contributed by atoms with Crippen LogP contribution >= 0.6 is 11.6 Å². The number of amides is 1. The van der Waals surface area contributed by atoms with Crippen molar-refractivity contribution in [2.75, 3.05) is 5.32 Å². The number of nitriles is 1. The number of anilines is 1. The number of nitrogens with zero attached hydrogens (tertiary/aromatic N) is 2. The second kappa shape index (κ2) is 6.03. The molecule has 0 bridgehead atoms. The second-order valence-corrected chi connectivity index (χ2v) is 4.44. The number of para-hydroxylation sites is 1. The Kier molecular flexibility index (Phi) is 4.16. The summed E-state index contributed by atoms with van der Waals surface area (Å²) in [6.45, 7) is 0. The molecule has 0 aliphatic carbocycles. The number of benzene rings is 2. The average Bonchev–Trinajstić information content (AvgIpc) is 2.49. The molecule has 7 heteroatoms. The zero-order valence-corrected chi connectivity index (χ0v) is 11.3. The van der Waals surface area contributed by atoms with Gasteiger partial charge >= 0.3 is 0 Å². The molecule has 0 saturated heterocycles. The van der Waals surface area contributed by atoms with Gasteiger partial charge in [-0.15, -0.1) is 0 Å². The Bertz CT molecular complexity index is 768. The van der Waals surface area contributed by atoms with E-state index in [9.17, 15) is 14.9 Å². The van der Waals surface area contributed by atoms with Crippen molar-refractivity contribution >= 4 is 28.9 Å². The van der Waals surface area contributed by atoms with Crippen molar-refractivity contribution in [1.82, 2.24) is 0 Å². The molecule has 1 amide bonds. The van der Waals surface area contributed by atoms with Crippen LogP contribution in [0.4, 0.5) is 11.4 Å². The Labute approximate surface area is 124 Å². The average molecular weight is 302 g/mol. The fourth-order valence-electron chi connectivity index (χ4n) is 1.70. The number of rotatable bonds is 3. The third-order valence-electron chi connectivity index (χ3n) is 2.69. The highest BCUT2D eigenvalue weighted by molar-refractivity contribution is 6.34. The first kappa shape index (κ1) is 14.5. The quantitative estimate of drug-likeness (QED) is 0.694. The van der Waals surface area contributed by atoms with Crippen molar-refractivity contribution < 1.29 is 9.72 Å². The maximum atomic E-state index is 12.1. The SMILES string of the molecule is N#Cc1ccc(NC(=O)c2ccccc2[N+](=O)[O-])c(Cl)c1. The van der Waals surface area contributed by atoms with Crippen LogP contribution in [0.3, 0.4) is 0 Å². The number of carbonyl (C=O) groups excluding carboxylic acids is 1. The first-order chi connectivity index (χ1) is 10.0. The Morgan fingerprint density at radius 1 is 1.29 bits per heavy atom. The van der Waals surface area contributed by atoms with E-state index in [1.165, 1.54) is 42.5 Å². The minimum absolute atomic E-state index is 0.0667. The van der Waals surface area contributed by atoms with Gasteiger partial charge in [-0.3, -0.25) is 14.9 Å². The monoisotopic (exact) mass is 301 g/mol. The lowest BCUT2D eigenvalue weighted by Gasteiger charge is -2.07. The first-order valence-corrected chi connectivity index (χ1v) is 6.15. The van der Waals surface area contributed by atoms with E-state index in [1.54, 1.807) is 0 Å². The Hall–Kier alpha value is -2.91. The molecule has 0 saturated carbocycles. The number of carbonyl (C=O) groups is 1. The number of hydrogen-bond acceptors (Lipinski definition) is 4. The summed E-state index contributed by atoms with van der Waals surface area (Å²) < 4.78 is 0. The fraction of sp³-hybridized carbons (Fsp3) is 0. The van der Waals surface area contributed by atoms with E-state index in [0.717, 1.165) is 0 Å². The molecule has 6 nitrogen and oxygen atoms in total. The third-order valence-corrected chi connectivity index (χ3v) is 3.00. The fourth-order valence-corrected chi connectivity index (χ4v) is 1.93. The van der Waals surface area contributed by atoms with Crippen LogP contribution in [0.2, 0.25) is 5.02 Å². The lowest BCUT2D eigenvalue weighted by Crippen LogP contribution is -2.14. The Morgan fingerprint density at radius 3 is 2.62 bits per heavy atom. The molecule has 0 unspecified atom stereocenters. The summed E-state index contributed by atoms with van der Waals surface area (Å²) in [4.78, 5) is 22.4. The molecular weight excluding hydrogens is 294 g/mol. The molecule has 0 aromatic heterocycles. The number of nitro groups is 1. The highest BCUT2D eigenvalue weighted by atomic mass is 35.5. The van der Waals surface area contributed by atoms with Gasteiger partial charge in [0.1, 0.15) is 5.56 Å². The smallest absolute Gasteiger partial charge is 0.282 e. The van der Waals surface area contributed by atoms with Crippen molar-refractivity contribution in [2.24, 2.45) is 0 Å². The van der Waals surface area contributed by atoms with Crippen LogP contribution in [0.15, 0.2) is 42.5 Å². The summed E-state index contributed by atoms with van der Waals surface area (Å²) in [6.07, 6.45) is 0.